The lowest BCUT2D eigenvalue weighted by molar-refractivity contribution is -0.160. The van der Waals surface area contributed by atoms with E-state index in [0.717, 1.165) is 0 Å². The third-order valence-electron chi connectivity index (χ3n) is 1.91. The van der Waals surface area contributed by atoms with Gasteiger partial charge in [0, 0.05) is 13.2 Å². The number of carbonyl (C=O) groups is 2. The van der Waals surface area contributed by atoms with E-state index >= 15 is 0 Å². The minimum atomic E-state index is -1.17. The zero-order valence-electron chi connectivity index (χ0n) is 9.21. The summed E-state index contributed by atoms with van der Waals surface area (Å²) in [5.41, 5.74) is 0. The summed E-state index contributed by atoms with van der Waals surface area (Å²) in [6.07, 6.45) is 0.461. The van der Waals surface area contributed by atoms with Crippen molar-refractivity contribution in [3.8, 4) is 0 Å². The van der Waals surface area contributed by atoms with E-state index in [4.69, 9.17) is 9.84 Å². The fourth-order valence-corrected chi connectivity index (χ4v) is 1.69. The number of rotatable bonds is 5. The number of esters is 1. The van der Waals surface area contributed by atoms with Crippen molar-refractivity contribution in [3.05, 3.63) is 16.6 Å². The number of carbonyl (C=O) groups excluding carboxylic acids is 1. The van der Waals surface area contributed by atoms with Gasteiger partial charge in [-0.25, -0.2) is 14.6 Å². The molecule has 0 aliphatic heterocycles. The van der Waals surface area contributed by atoms with Crippen molar-refractivity contribution in [1.82, 2.24) is 9.55 Å². The molecule has 0 saturated carbocycles. The number of carboxylic acid groups (broad SMARTS) is 1. The number of imidazole rings is 1. The van der Waals surface area contributed by atoms with Crippen molar-refractivity contribution in [2.24, 2.45) is 7.05 Å². The van der Waals surface area contributed by atoms with Crippen LogP contribution in [0.2, 0.25) is 0 Å². The van der Waals surface area contributed by atoms with E-state index in [9.17, 15) is 9.59 Å². The second-order valence-corrected chi connectivity index (χ2v) is 3.95. The number of hydrogen-bond donors (Lipinski definition) is 1. The maximum Gasteiger partial charge on any atom is 0.342 e. The van der Waals surface area contributed by atoms with Gasteiger partial charge in [-0.3, -0.25) is 0 Å². The molecule has 1 unspecified atom stereocenters. The molecule has 1 aromatic rings. The fourth-order valence-electron chi connectivity index (χ4n) is 1.20. The van der Waals surface area contributed by atoms with Crippen molar-refractivity contribution in [1.29, 1.82) is 0 Å². The van der Waals surface area contributed by atoms with Crippen LogP contribution < -0.4 is 0 Å². The Kier molecular flexibility index (Phi) is 4.64. The normalized spacial score (nSPS) is 12.2. The lowest BCUT2D eigenvalue weighted by Gasteiger charge is -2.13. The molecule has 0 aliphatic rings. The molecule has 94 valence electrons. The molecule has 1 heterocycles. The van der Waals surface area contributed by atoms with Gasteiger partial charge < -0.3 is 19.1 Å². The predicted octanol–water partition coefficient (Wildman–Crippen LogP) is 0.498. The van der Waals surface area contributed by atoms with Crippen molar-refractivity contribution in [3.63, 3.8) is 0 Å². The molecule has 8 heteroatoms. The smallest absolute Gasteiger partial charge is 0.342 e. The van der Waals surface area contributed by atoms with E-state index in [1.807, 2.05) is 0 Å². The summed E-state index contributed by atoms with van der Waals surface area (Å²) in [6, 6.07) is 0. The highest BCUT2D eigenvalue weighted by molar-refractivity contribution is 9.10. The van der Waals surface area contributed by atoms with Crippen LogP contribution in [0.15, 0.2) is 10.8 Å². The van der Waals surface area contributed by atoms with Crippen LogP contribution in [0.5, 0.6) is 0 Å². The SMILES string of the molecule is COC(=O)C(OCC(=O)O)c1nc(Br)cn1C. The Bertz CT molecular complexity index is 431. The molecule has 0 radical (unpaired) electrons. The van der Waals surface area contributed by atoms with Crippen LogP contribution in [0.4, 0.5) is 0 Å². The molecule has 1 rings (SSSR count). The van der Waals surface area contributed by atoms with E-state index in [1.165, 1.54) is 7.11 Å². The average Bonchev–Trinajstić information content (AvgIpc) is 2.57. The molecule has 0 aliphatic carbocycles. The summed E-state index contributed by atoms with van der Waals surface area (Å²) < 4.78 is 11.6. The summed E-state index contributed by atoms with van der Waals surface area (Å²) >= 11 is 3.15. The van der Waals surface area contributed by atoms with E-state index in [1.54, 1.807) is 17.8 Å². The third kappa shape index (κ3) is 3.53. The molecule has 1 N–H and O–H groups in total. The Morgan fingerprint density at radius 2 is 2.29 bits per heavy atom. The molecule has 0 amide bonds. The highest BCUT2D eigenvalue weighted by Gasteiger charge is 2.27. The number of methoxy groups -OCH3 is 1. The van der Waals surface area contributed by atoms with Crippen LogP contribution in [0.1, 0.15) is 11.9 Å². The van der Waals surface area contributed by atoms with Crippen molar-refractivity contribution in [2.45, 2.75) is 6.10 Å². The lowest BCUT2D eigenvalue weighted by atomic mass is 10.3. The largest absolute Gasteiger partial charge is 0.480 e. The topological polar surface area (TPSA) is 90.7 Å². The highest BCUT2D eigenvalue weighted by Crippen LogP contribution is 2.20. The second-order valence-electron chi connectivity index (χ2n) is 3.14. The molecular formula is C9H11BrN2O5. The predicted molar refractivity (Wildman–Crippen MR) is 59.3 cm³/mol. The van der Waals surface area contributed by atoms with Crippen LogP contribution in [0.25, 0.3) is 0 Å². The van der Waals surface area contributed by atoms with Gasteiger partial charge in [0.25, 0.3) is 0 Å². The first-order chi connectivity index (χ1) is 7.95. The molecule has 0 spiro atoms. The van der Waals surface area contributed by atoms with Crippen molar-refractivity contribution in [2.75, 3.05) is 13.7 Å². The number of hydrogen-bond acceptors (Lipinski definition) is 5. The van der Waals surface area contributed by atoms with Crippen LogP contribution >= 0.6 is 15.9 Å². The van der Waals surface area contributed by atoms with Gasteiger partial charge >= 0.3 is 11.9 Å². The van der Waals surface area contributed by atoms with Gasteiger partial charge in [0.05, 0.1) is 7.11 Å². The van der Waals surface area contributed by atoms with Gasteiger partial charge in [-0.05, 0) is 15.9 Å². The summed E-state index contributed by atoms with van der Waals surface area (Å²) in [5, 5.41) is 8.52. The Labute approximate surface area is 105 Å². The quantitative estimate of drug-likeness (QED) is 0.797. The second kappa shape index (κ2) is 5.78. The number of carboxylic acids is 1. The highest BCUT2D eigenvalue weighted by atomic mass is 79.9. The summed E-state index contributed by atoms with van der Waals surface area (Å²) in [5.74, 6) is -1.61. The minimum Gasteiger partial charge on any atom is -0.480 e. The van der Waals surface area contributed by atoms with Crippen LogP contribution in [-0.4, -0.2) is 40.3 Å². The summed E-state index contributed by atoms with van der Waals surface area (Å²) in [7, 11) is 2.85. The zero-order valence-corrected chi connectivity index (χ0v) is 10.8. The molecule has 0 bridgehead atoms. The van der Waals surface area contributed by atoms with Crippen molar-refractivity contribution < 1.29 is 24.2 Å². The zero-order chi connectivity index (χ0) is 13.0. The van der Waals surface area contributed by atoms with Gasteiger partial charge in [0.2, 0.25) is 6.10 Å². The molecule has 1 aromatic heterocycles. The molecular weight excluding hydrogens is 296 g/mol. The molecule has 1 atom stereocenters. The summed E-state index contributed by atoms with van der Waals surface area (Å²) in [6.45, 7) is -0.607. The number of aryl methyl sites for hydroxylation is 1. The Morgan fingerprint density at radius 1 is 1.65 bits per heavy atom. The van der Waals surface area contributed by atoms with Crippen LogP contribution in [-0.2, 0) is 26.1 Å². The summed E-state index contributed by atoms with van der Waals surface area (Å²) in [4.78, 5) is 25.9. The third-order valence-corrected chi connectivity index (χ3v) is 2.29. The molecule has 0 aromatic carbocycles. The number of aromatic nitrogens is 2. The van der Waals surface area contributed by atoms with Crippen molar-refractivity contribution >= 4 is 27.9 Å². The number of aliphatic carboxylic acids is 1. The minimum absolute atomic E-state index is 0.268. The lowest BCUT2D eigenvalue weighted by Crippen LogP contribution is -2.23. The average molecular weight is 307 g/mol. The van der Waals surface area contributed by atoms with Gasteiger partial charge in [-0.15, -0.1) is 0 Å². The number of nitrogens with zero attached hydrogens (tertiary/aromatic N) is 2. The van der Waals surface area contributed by atoms with E-state index in [-0.39, 0.29) is 5.82 Å². The number of ether oxygens (including phenoxy) is 2. The Morgan fingerprint density at radius 3 is 2.71 bits per heavy atom. The molecule has 0 saturated heterocycles. The first kappa shape index (κ1) is 13.7. The van der Waals surface area contributed by atoms with Gasteiger partial charge in [-0.1, -0.05) is 0 Å². The maximum absolute atomic E-state index is 11.5. The van der Waals surface area contributed by atoms with E-state index in [2.05, 4.69) is 25.7 Å². The van der Waals surface area contributed by atoms with Gasteiger partial charge in [0.15, 0.2) is 5.82 Å². The Balaban J connectivity index is 2.93. The van der Waals surface area contributed by atoms with Crippen LogP contribution in [0.3, 0.4) is 0 Å². The molecule has 0 fully saturated rings. The first-order valence-electron chi connectivity index (χ1n) is 4.55. The van der Waals surface area contributed by atoms with Gasteiger partial charge in [-0.2, -0.15) is 0 Å². The van der Waals surface area contributed by atoms with Crippen LogP contribution in [0, 0.1) is 0 Å². The van der Waals surface area contributed by atoms with E-state index in [0.29, 0.717) is 4.60 Å². The molecule has 17 heavy (non-hydrogen) atoms. The Hall–Kier alpha value is -1.41. The first-order valence-corrected chi connectivity index (χ1v) is 5.35. The monoisotopic (exact) mass is 306 g/mol. The van der Waals surface area contributed by atoms with E-state index < -0.39 is 24.6 Å². The number of halogens is 1. The molecule has 7 nitrogen and oxygen atoms in total. The fraction of sp³-hybridized carbons (Fsp3) is 0.444. The maximum atomic E-state index is 11.5. The van der Waals surface area contributed by atoms with Gasteiger partial charge in [0.1, 0.15) is 11.2 Å². The standard InChI is InChI=1S/C9H11BrN2O5/c1-12-3-5(10)11-8(12)7(9(15)16-2)17-4-6(13)14/h3,7H,4H2,1-2H3,(H,13,14).